The molecule has 5 aliphatic carbocycles. The first-order valence-corrected chi connectivity index (χ1v) is 14.1. The van der Waals surface area contributed by atoms with Gasteiger partial charge in [-0.15, -0.1) is 0 Å². The molecule has 0 aromatic rings. The molecule has 2 aliphatic heterocycles. The molecule has 1 N–H and O–H groups in total. The molecule has 2 saturated heterocycles. The van der Waals surface area contributed by atoms with Crippen LogP contribution in [0.2, 0.25) is 0 Å². The first-order chi connectivity index (χ1) is 16.2. The largest absolute Gasteiger partial charge is 0.488 e. The van der Waals surface area contributed by atoms with Crippen molar-refractivity contribution in [3.63, 3.8) is 0 Å². The van der Waals surface area contributed by atoms with E-state index in [0.29, 0.717) is 25.2 Å². The van der Waals surface area contributed by atoms with Crippen molar-refractivity contribution in [1.29, 1.82) is 0 Å². The van der Waals surface area contributed by atoms with Crippen LogP contribution in [0.5, 0.6) is 0 Å². The van der Waals surface area contributed by atoms with Crippen LogP contribution >= 0.6 is 0 Å². The van der Waals surface area contributed by atoms with Crippen LogP contribution in [-0.2, 0) is 19.1 Å². The molecular weight excluding hydrogens is 440 g/mol. The van der Waals surface area contributed by atoms with Gasteiger partial charge in [0.05, 0.1) is 17.1 Å². The van der Waals surface area contributed by atoms with Crippen molar-refractivity contribution in [2.75, 3.05) is 0 Å². The zero-order valence-electron chi connectivity index (χ0n) is 22.5. The molecule has 0 amide bonds. The Labute approximate surface area is 209 Å². The molecule has 2 heterocycles. The Bertz CT molecular complexity index is 1120. The van der Waals surface area contributed by atoms with Gasteiger partial charge in [-0.1, -0.05) is 34.1 Å². The normalized spacial score (nSPS) is 54.0. The maximum absolute atomic E-state index is 14.9. The standard InChI is InChI=1S/C30H42O5/c1-16(2)21-22(33)26-12-9-18-24(4,5)10-8-11-27(18)15-29(26)28(17(3)31,20(32)14-26)13-19-25(6,7)34-23(21)30(19,29)35-27/h16,18-20,32H,8-15H2,1-7H3/t18-,19-,20+,26-,27-,28+,29+,30-/m0/s1. The molecule has 7 rings (SSSR count). The number of carbonyl (C=O) groups excluding carboxylic acids is 2. The first kappa shape index (κ1) is 23.0. The fourth-order valence-corrected chi connectivity index (χ4v) is 11.9. The summed E-state index contributed by atoms with van der Waals surface area (Å²) in [6.45, 7) is 14.8. The number of allylic oxidation sites excluding steroid dienone is 1. The Balaban J connectivity index is 1.65. The lowest BCUT2D eigenvalue weighted by atomic mass is 9.44. The highest BCUT2D eigenvalue weighted by atomic mass is 16.6. The molecule has 5 nitrogen and oxygen atoms in total. The van der Waals surface area contributed by atoms with Crippen LogP contribution in [-0.4, -0.2) is 39.6 Å². The summed E-state index contributed by atoms with van der Waals surface area (Å²) in [5, 5.41) is 12.0. The average Bonchev–Trinajstić information content (AvgIpc) is 3.26. The van der Waals surface area contributed by atoms with Crippen LogP contribution in [0.3, 0.4) is 0 Å². The van der Waals surface area contributed by atoms with Crippen molar-refractivity contribution < 1.29 is 24.2 Å². The van der Waals surface area contributed by atoms with E-state index in [4.69, 9.17) is 9.47 Å². The van der Waals surface area contributed by atoms with E-state index in [0.717, 1.165) is 43.4 Å². The Morgan fingerprint density at radius 2 is 1.77 bits per heavy atom. The number of aliphatic hydroxyl groups excluding tert-OH is 1. The molecule has 6 fully saturated rings. The van der Waals surface area contributed by atoms with Crippen molar-refractivity contribution in [2.24, 2.45) is 39.4 Å². The van der Waals surface area contributed by atoms with E-state index in [1.54, 1.807) is 6.92 Å². The van der Waals surface area contributed by atoms with Gasteiger partial charge in [-0.2, -0.15) is 0 Å². The van der Waals surface area contributed by atoms with Crippen LogP contribution in [0.15, 0.2) is 11.3 Å². The third-order valence-corrected chi connectivity index (χ3v) is 12.8. The van der Waals surface area contributed by atoms with E-state index in [1.165, 1.54) is 0 Å². The number of hydrogen-bond acceptors (Lipinski definition) is 5. The molecule has 3 spiro atoms. The van der Waals surface area contributed by atoms with E-state index >= 15 is 0 Å². The predicted octanol–water partition coefficient (Wildman–Crippen LogP) is 5.14. The lowest BCUT2D eigenvalue weighted by Crippen LogP contribution is -2.64. The highest BCUT2D eigenvalue weighted by Crippen LogP contribution is 2.90. The number of rotatable bonds is 2. The average molecular weight is 483 g/mol. The lowest BCUT2D eigenvalue weighted by molar-refractivity contribution is -0.206. The fourth-order valence-electron chi connectivity index (χ4n) is 11.9. The molecule has 0 aromatic carbocycles. The van der Waals surface area contributed by atoms with E-state index in [1.807, 2.05) is 0 Å². The molecule has 35 heavy (non-hydrogen) atoms. The minimum Gasteiger partial charge on any atom is -0.488 e. The molecule has 5 heteroatoms. The molecular formula is C30H42O5. The number of hydrogen-bond donors (Lipinski definition) is 1. The summed E-state index contributed by atoms with van der Waals surface area (Å²) in [4.78, 5) is 28.8. The predicted molar refractivity (Wildman–Crippen MR) is 130 cm³/mol. The number of aliphatic hydroxyl groups is 1. The summed E-state index contributed by atoms with van der Waals surface area (Å²) in [6.07, 6.45) is 5.72. The second-order valence-corrected chi connectivity index (χ2v) is 14.9. The van der Waals surface area contributed by atoms with Gasteiger partial charge in [-0.25, -0.2) is 0 Å². The summed E-state index contributed by atoms with van der Waals surface area (Å²) < 4.78 is 14.6. The van der Waals surface area contributed by atoms with Gasteiger partial charge in [-0.05, 0) is 83.0 Å². The van der Waals surface area contributed by atoms with Gasteiger partial charge in [0.15, 0.2) is 5.78 Å². The summed E-state index contributed by atoms with van der Waals surface area (Å²) >= 11 is 0. The molecule has 192 valence electrons. The molecule has 0 aromatic heterocycles. The van der Waals surface area contributed by atoms with Crippen molar-refractivity contribution in [1.82, 2.24) is 0 Å². The van der Waals surface area contributed by atoms with E-state index in [-0.39, 0.29) is 34.4 Å². The zero-order chi connectivity index (χ0) is 25.2. The smallest absolute Gasteiger partial charge is 0.169 e. The number of ketones is 2. The molecule has 7 aliphatic rings. The SMILES string of the molecule is CC(=O)[C@@]12C[C@H]3C(C)(C)OC4=C(C(C)C)C(=O)[C@]5(CC[C@H]6C(C)(C)CCC[C@]67C[C@@]51[C@@]43O7)C[C@H]2O. The number of ether oxygens (including phenoxy) is 2. The van der Waals surface area contributed by atoms with Crippen molar-refractivity contribution in [3.8, 4) is 0 Å². The van der Waals surface area contributed by atoms with Crippen LogP contribution < -0.4 is 0 Å². The van der Waals surface area contributed by atoms with Crippen LogP contribution in [0.25, 0.3) is 0 Å². The zero-order valence-corrected chi connectivity index (χ0v) is 22.5. The first-order valence-electron chi connectivity index (χ1n) is 14.1. The highest BCUT2D eigenvalue weighted by molar-refractivity contribution is 6.06. The second kappa shape index (κ2) is 5.93. The van der Waals surface area contributed by atoms with Gasteiger partial charge < -0.3 is 14.6 Å². The Morgan fingerprint density at radius 1 is 1.06 bits per heavy atom. The van der Waals surface area contributed by atoms with Crippen LogP contribution in [0.4, 0.5) is 0 Å². The summed E-state index contributed by atoms with van der Waals surface area (Å²) in [5.41, 5.74) is -3.33. The Morgan fingerprint density at radius 3 is 2.43 bits per heavy atom. The summed E-state index contributed by atoms with van der Waals surface area (Å²) in [5.74, 6) is 1.21. The Kier molecular flexibility index (Phi) is 3.89. The van der Waals surface area contributed by atoms with Gasteiger partial charge in [0.25, 0.3) is 0 Å². The number of Topliss-reactive ketones (excluding diaryl/α,β-unsaturated/α-hetero) is 2. The highest BCUT2D eigenvalue weighted by Gasteiger charge is 2.96. The van der Waals surface area contributed by atoms with Crippen LogP contribution in [0.1, 0.15) is 99.8 Å². The van der Waals surface area contributed by atoms with Gasteiger partial charge in [-0.3, -0.25) is 9.59 Å². The fraction of sp³-hybridized carbons (Fsp3) is 0.867. The van der Waals surface area contributed by atoms with E-state index in [9.17, 15) is 14.7 Å². The lowest BCUT2D eigenvalue weighted by Gasteiger charge is -2.57. The minimum atomic E-state index is -0.956. The minimum absolute atomic E-state index is 0.000425. The van der Waals surface area contributed by atoms with Crippen molar-refractivity contribution >= 4 is 11.6 Å². The van der Waals surface area contributed by atoms with Gasteiger partial charge >= 0.3 is 0 Å². The summed E-state index contributed by atoms with van der Waals surface area (Å²) in [7, 11) is 0. The topological polar surface area (TPSA) is 72.8 Å². The van der Waals surface area contributed by atoms with Crippen LogP contribution in [0, 0.1) is 39.4 Å². The molecule has 4 saturated carbocycles. The second-order valence-electron chi connectivity index (χ2n) is 14.9. The van der Waals surface area contributed by atoms with Crippen molar-refractivity contribution in [2.45, 2.75) is 123 Å². The maximum atomic E-state index is 14.9. The monoisotopic (exact) mass is 482 g/mol. The van der Waals surface area contributed by atoms with Gasteiger partial charge in [0, 0.05) is 22.3 Å². The molecule has 8 atom stereocenters. The third kappa shape index (κ3) is 1.94. The summed E-state index contributed by atoms with van der Waals surface area (Å²) in [6, 6.07) is 0. The third-order valence-electron chi connectivity index (χ3n) is 12.8. The number of carbonyl (C=O) groups is 2. The molecule has 0 radical (unpaired) electrons. The van der Waals surface area contributed by atoms with E-state index < -0.39 is 33.6 Å². The molecule has 0 unspecified atom stereocenters. The maximum Gasteiger partial charge on any atom is 0.169 e. The van der Waals surface area contributed by atoms with Crippen molar-refractivity contribution in [3.05, 3.63) is 11.3 Å². The van der Waals surface area contributed by atoms with Gasteiger partial charge in [0.2, 0.25) is 0 Å². The van der Waals surface area contributed by atoms with E-state index in [2.05, 4.69) is 41.5 Å². The molecule has 2 bridgehead atoms. The van der Waals surface area contributed by atoms with Gasteiger partial charge in [0.1, 0.15) is 22.7 Å². The quantitative estimate of drug-likeness (QED) is 0.590. The Hall–Kier alpha value is -1.20.